The van der Waals surface area contributed by atoms with E-state index in [2.05, 4.69) is 9.47 Å². The molecule has 0 spiro atoms. The number of aromatic nitrogens is 1. The number of rotatable bonds is 5. The lowest BCUT2D eigenvalue weighted by Gasteiger charge is -2.39. The minimum absolute atomic E-state index is 0.0535. The van der Waals surface area contributed by atoms with Gasteiger partial charge in [0.15, 0.2) is 0 Å². The molecule has 5 rings (SSSR count). The topological polar surface area (TPSA) is 65.9 Å². The van der Waals surface area contributed by atoms with Crippen molar-refractivity contribution in [1.29, 1.82) is 0 Å². The Bertz CT molecular complexity index is 1040. The molecule has 32 heavy (non-hydrogen) atoms. The number of likely N-dealkylation sites (tertiary alicyclic amines) is 2. The molecule has 7 nitrogen and oxygen atoms in total. The highest BCUT2D eigenvalue weighted by molar-refractivity contribution is 7.89. The minimum atomic E-state index is -3.69. The fourth-order valence-corrected chi connectivity index (χ4v) is 7.16. The van der Waals surface area contributed by atoms with Crippen LogP contribution in [0.2, 0.25) is 0 Å². The summed E-state index contributed by atoms with van der Waals surface area (Å²) in [5.41, 5.74) is 0.899. The van der Waals surface area contributed by atoms with E-state index in [4.69, 9.17) is 0 Å². The van der Waals surface area contributed by atoms with Gasteiger partial charge in [0.25, 0.3) is 0 Å². The van der Waals surface area contributed by atoms with E-state index < -0.39 is 16.1 Å². The zero-order chi connectivity index (χ0) is 22.1. The van der Waals surface area contributed by atoms with Gasteiger partial charge in [-0.25, -0.2) is 8.42 Å². The highest BCUT2D eigenvalue weighted by Crippen LogP contribution is 2.34. The number of fused-ring (bicyclic) bond motifs is 1. The van der Waals surface area contributed by atoms with Crippen LogP contribution in [0.5, 0.6) is 0 Å². The highest BCUT2D eigenvalue weighted by Gasteiger charge is 2.39. The van der Waals surface area contributed by atoms with E-state index in [-0.39, 0.29) is 17.2 Å². The van der Waals surface area contributed by atoms with Crippen LogP contribution in [-0.4, -0.2) is 71.8 Å². The number of nitrogens with zero attached hydrogens (tertiary/aromatic N) is 4. The molecule has 1 unspecified atom stereocenters. The maximum absolute atomic E-state index is 13.5. The minimum Gasteiger partial charge on any atom is -0.349 e. The van der Waals surface area contributed by atoms with Crippen molar-refractivity contribution in [1.82, 2.24) is 18.7 Å². The third-order valence-corrected chi connectivity index (χ3v) is 9.23. The van der Waals surface area contributed by atoms with Crippen LogP contribution in [0.1, 0.15) is 43.8 Å². The van der Waals surface area contributed by atoms with Crippen LogP contribution in [0.25, 0.3) is 0 Å². The van der Waals surface area contributed by atoms with Gasteiger partial charge in [0.1, 0.15) is 0 Å². The summed E-state index contributed by atoms with van der Waals surface area (Å²) in [7, 11) is -3.69. The second kappa shape index (κ2) is 9.00. The van der Waals surface area contributed by atoms with Crippen molar-refractivity contribution >= 4 is 15.9 Å². The summed E-state index contributed by atoms with van der Waals surface area (Å²) in [6.07, 6.45) is 6.75. The van der Waals surface area contributed by atoms with Crippen LogP contribution in [0, 0.1) is 0 Å². The van der Waals surface area contributed by atoms with Crippen molar-refractivity contribution in [3.05, 3.63) is 54.4 Å². The second-order valence-corrected chi connectivity index (χ2v) is 11.0. The monoisotopic (exact) mass is 456 g/mol. The number of piperidine rings is 1. The van der Waals surface area contributed by atoms with E-state index in [0.29, 0.717) is 19.1 Å². The van der Waals surface area contributed by atoms with Gasteiger partial charge in [0, 0.05) is 50.5 Å². The fraction of sp³-hybridized carbons (Fsp3) is 0.542. The maximum atomic E-state index is 13.5. The summed E-state index contributed by atoms with van der Waals surface area (Å²) in [5.74, 6) is 0.0535. The average molecular weight is 457 g/mol. The Kier molecular flexibility index (Phi) is 6.09. The summed E-state index contributed by atoms with van der Waals surface area (Å²) < 4.78 is 30.5. The summed E-state index contributed by atoms with van der Waals surface area (Å²) in [4.78, 5) is 18.1. The van der Waals surface area contributed by atoms with E-state index in [1.807, 2.05) is 29.3 Å². The highest BCUT2D eigenvalue weighted by atomic mass is 32.2. The largest absolute Gasteiger partial charge is 0.349 e. The molecular weight excluding hydrogens is 424 g/mol. The van der Waals surface area contributed by atoms with Crippen molar-refractivity contribution in [2.45, 2.75) is 55.6 Å². The van der Waals surface area contributed by atoms with Crippen LogP contribution in [0.4, 0.5) is 0 Å². The van der Waals surface area contributed by atoms with Gasteiger partial charge < -0.3 is 14.4 Å². The third-order valence-electron chi connectivity index (χ3n) is 7.31. The molecule has 0 bridgehead atoms. The van der Waals surface area contributed by atoms with E-state index in [1.54, 1.807) is 24.3 Å². The Morgan fingerprint density at radius 3 is 2.31 bits per heavy atom. The average Bonchev–Trinajstić information content (AvgIpc) is 3.52. The molecule has 1 amide bonds. The van der Waals surface area contributed by atoms with E-state index in [0.717, 1.165) is 31.6 Å². The van der Waals surface area contributed by atoms with Crippen LogP contribution < -0.4 is 0 Å². The van der Waals surface area contributed by atoms with Crippen LogP contribution in [-0.2, 0) is 21.4 Å². The Labute approximate surface area is 190 Å². The Morgan fingerprint density at radius 1 is 0.875 bits per heavy atom. The predicted molar refractivity (Wildman–Crippen MR) is 123 cm³/mol. The molecule has 0 radical (unpaired) electrons. The molecule has 1 aromatic carbocycles. The molecule has 172 valence electrons. The van der Waals surface area contributed by atoms with Crippen molar-refractivity contribution in [3.63, 3.8) is 0 Å². The molecular formula is C24H32N4O3S. The van der Waals surface area contributed by atoms with Gasteiger partial charge in [-0.2, -0.15) is 4.31 Å². The first-order valence-electron chi connectivity index (χ1n) is 11.8. The van der Waals surface area contributed by atoms with Gasteiger partial charge in [-0.15, -0.1) is 0 Å². The van der Waals surface area contributed by atoms with Gasteiger partial charge in [0.05, 0.1) is 10.9 Å². The van der Waals surface area contributed by atoms with Gasteiger partial charge >= 0.3 is 0 Å². The molecule has 8 heteroatoms. The number of carbonyl (C=O) groups is 1. The zero-order valence-corrected chi connectivity index (χ0v) is 19.3. The van der Waals surface area contributed by atoms with Crippen molar-refractivity contribution in [2.75, 3.05) is 32.7 Å². The number of benzene rings is 1. The van der Waals surface area contributed by atoms with Gasteiger partial charge in [0.2, 0.25) is 15.9 Å². The Hall–Kier alpha value is -2.16. The predicted octanol–water partition coefficient (Wildman–Crippen LogP) is 2.71. The van der Waals surface area contributed by atoms with Gasteiger partial charge in [-0.1, -0.05) is 18.2 Å². The molecule has 0 N–H and O–H groups in total. The molecule has 1 aromatic heterocycles. The number of carbonyl (C=O) groups excluding carboxylic acids is 1. The molecule has 2 saturated heterocycles. The first kappa shape index (κ1) is 21.7. The fourth-order valence-electron chi connectivity index (χ4n) is 5.55. The Balaban J connectivity index is 1.33. The van der Waals surface area contributed by atoms with Gasteiger partial charge in [-0.05, 0) is 63.0 Å². The number of hydrogen-bond donors (Lipinski definition) is 0. The second-order valence-electron chi connectivity index (χ2n) is 9.13. The normalized spacial score (nSPS) is 23.4. The number of hydrogen-bond acceptors (Lipinski definition) is 4. The molecule has 4 heterocycles. The quantitative estimate of drug-likeness (QED) is 0.694. The number of amides is 1. The zero-order valence-electron chi connectivity index (χ0n) is 18.5. The summed E-state index contributed by atoms with van der Waals surface area (Å²) in [5, 5.41) is 0. The first-order valence-corrected chi connectivity index (χ1v) is 13.2. The molecule has 2 fully saturated rings. The van der Waals surface area contributed by atoms with E-state index in [1.165, 1.54) is 30.2 Å². The van der Waals surface area contributed by atoms with Crippen LogP contribution in [0.3, 0.4) is 0 Å². The molecule has 0 saturated carbocycles. The summed E-state index contributed by atoms with van der Waals surface area (Å²) in [6.45, 7) is 4.86. The molecule has 2 aromatic rings. The van der Waals surface area contributed by atoms with E-state index >= 15 is 0 Å². The first-order chi connectivity index (χ1) is 15.5. The lowest BCUT2D eigenvalue weighted by Crippen LogP contribution is -2.48. The lowest BCUT2D eigenvalue weighted by molar-refractivity contribution is -0.133. The summed E-state index contributed by atoms with van der Waals surface area (Å²) >= 11 is 0. The molecule has 1 atom stereocenters. The van der Waals surface area contributed by atoms with Crippen molar-refractivity contribution in [2.24, 2.45) is 0 Å². The maximum Gasteiger partial charge on any atom is 0.243 e. The van der Waals surface area contributed by atoms with Crippen LogP contribution >= 0.6 is 0 Å². The summed E-state index contributed by atoms with van der Waals surface area (Å²) in [6, 6.07) is 12.5. The van der Waals surface area contributed by atoms with Crippen molar-refractivity contribution in [3.8, 4) is 0 Å². The molecule has 0 aliphatic carbocycles. The van der Waals surface area contributed by atoms with Crippen molar-refractivity contribution < 1.29 is 13.2 Å². The number of sulfonamides is 1. The standard InChI is InChI=1S/C24H32N4O3S/c29-24(27-15-10-20(11-16-27)25-12-4-5-13-25)19-23-22-9-6-14-26(22)17-18-28(23)32(30,31)21-7-2-1-3-8-21/h1-3,6-9,14,20,23H,4-5,10-13,15-19H2. The lowest BCUT2D eigenvalue weighted by atomic mass is 10.0. The third kappa shape index (κ3) is 4.11. The Morgan fingerprint density at radius 2 is 1.59 bits per heavy atom. The smallest absolute Gasteiger partial charge is 0.243 e. The van der Waals surface area contributed by atoms with Gasteiger partial charge in [-0.3, -0.25) is 4.79 Å². The SMILES string of the molecule is O=C(CC1c2cccn2CCN1S(=O)(=O)c1ccccc1)N1CCC(N2CCCC2)CC1. The molecule has 3 aliphatic heterocycles. The van der Waals surface area contributed by atoms with Crippen LogP contribution in [0.15, 0.2) is 53.6 Å². The van der Waals surface area contributed by atoms with E-state index in [9.17, 15) is 13.2 Å². The molecule has 3 aliphatic rings.